The summed E-state index contributed by atoms with van der Waals surface area (Å²) in [6.45, 7) is 1.12. The Balaban J connectivity index is 2.06. The summed E-state index contributed by atoms with van der Waals surface area (Å²) in [5.41, 5.74) is 0.839. The van der Waals surface area contributed by atoms with Gasteiger partial charge in [0.2, 0.25) is 10.0 Å². The molecule has 0 bridgehead atoms. The van der Waals surface area contributed by atoms with E-state index in [4.69, 9.17) is 11.6 Å². The minimum absolute atomic E-state index is 0.0612. The lowest BCUT2D eigenvalue weighted by Crippen LogP contribution is -2.27. The van der Waals surface area contributed by atoms with Crippen LogP contribution < -0.4 is 10.0 Å². The van der Waals surface area contributed by atoms with Crippen LogP contribution in [0.4, 0.5) is 5.69 Å². The molecule has 2 aromatic carbocycles. The maximum atomic E-state index is 12.4. The van der Waals surface area contributed by atoms with E-state index in [-0.39, 0.29) is 10.5 Å². The third-order valence-electron chi connectivity index (χ3n) is 3.58. The number of hydrogen-bond donors (Lipinski definition) is 2. The highest BCUT2D eigenvalue weighted by molar-refractivity contribution is 7.89. The van der Waals surface area contributed by atoms with E-state index in [0.29, 0.717) is 23.7 Å². The van der Waals surface area contributed by atoms with Crippen LogP contribution in [0.1, 0.15) is 16.8 Å². The van der Waals surface area contributed by atoms with Gasteiger partial charge in [0, 0.05) is 22.8 Å². The highest BCUT2D eigenvalue weighted by Crippen LogP contribution is 2.16. The quantitative estimate of drug-likeness (QED) is 0.673. The van der Waals surface area contributed by atoms with E-state index in [1.165, 1.54) is 12.1 Å². The SMILES string of the molecule is CN(C)CCCNS(=O)(=O)c1cccc(C(=O)Nc2ccc(Cl)cc2)c1. The van der Waals surface area contributed by atoms with Crippen LogP contribution in [0.5, 0.6) is 0 Å². The average molecular weight is 396 g/mol. The number of carbonyl (C=O) groups excluding carboxylic acids is 1. The van der Waals surface area contributed by atoms with Crippen molar-refractivity contribution in [3.05, 3.63) is 59.1 Å². The van der Waals surface area contributed by atoms with Crippen molar-refractivity contribution in [2.75, 3.05) is 32.5 Å². The number of anilines is 1. The summed E-state index contributed by atoms with van der Waals surface area (Å²) in [5.74, 6) is -0.392. The Hall–Kier alpha value is -1.93. The van der Waals surface area contributed by atoms with Gasteiger partial charge < -0.3 is 10.2 Å². The summed E-state index contributed by atoms with van der Waals surface area (Å²) in [6.07, 6.45) is 0.697. The second-order valence-electron chi connectivity index (χ2n) is 6.04. The molecule has 0 aliphatic carbocycles. The smallest absolute Gasteiger partial charge is 0.255 e. The van der Waals surface area contributed by atoms with Gasteiger partial charge >= 0.3 is 0 Å². The van der Waals surface area contributed by atoms with Crippen molar-refractivity contribution in [2.45, 2.75) is 11.3 Å². The minimum Gasteiger partial charge on any atom is -0.322 e. The van der Waals surface area contributed by atoms with E-state index in [1.54, 1.807) is 36.4 Å². The fourth-order valence-corrected chi connectivity index (χ4v) is 3.47. The first-order chi connectivity index (χ1) is 12.3. The first kappa shape index (κ1) is 20.4. The summed E-state index contributed by atoms with van der Waals surface area (Å²) in [7, 11) is 0.197. The number of hydrogen-bond acceptors (Lipinski definition) is 4. The van der Waals surface area contributed by atoms with Gasteiger partial charge in [0.25, 0.3) is 5.91 Å². The molecule has 0 saturated carbocycles. The van der Waals surface area contributed by atoms with Gasteiger partial charge in [-0.05, 0) is 69.5 Å². The lowest BCUT2D eigenvalue weighted by atomic mass is 10.2. The molecule has 140 valence electrons. The molecule has 2 aromatic rings. The minimum atomic E-state index is -3.66. The molecule has 26 heavy (non-hydrogen) atoms. The van der Waals surface area contributed by atoms with Crippen LogP contribution in [0.2, 0.25) is 5.02 Å². The Labute approximate surface area is 159 Å². The Bertz CT molecular complexity index is 852. The van der Waals surface area contributed by atoms with Gasteiger partial charge in [-0.2, -0.15) is 0 Å². The number of benzene rings is 2. The predicted molar refractivity (Wildman–Crippen MR) is 104 cm³/mol. The maximum Gasteiger partial charge on any atom is 0.255 e. The Morgan fingerprint density at radius 3 is 2.46 bits per heavy atom. The Kier molecular flexibility index (Phi) is 7.16. The summed E-state index contributed by atoms with van der Waals surface area (Å²) < 4.78 is 27.3. The number of sulfonamides is 1. The monoisotopic (exact) mass is 395 g/mol. The zero-order valence-corrected chi connectivity index (χ0v) is 16.3. The Morgan fingerprint density at radius 2 is 1.81 bits per heavy atom. The summed E-state index contributed by atoms with van der Waals surface area (Å²) in [6, 6.07) is 12.6. The van der Waals surface area contributed by atoms with Crippen molar-refractivity contribution >= 4 is 33.2 Å². The average Bonchev–Trinajstić information content (AvgIpc) is 2.61. The summed E-state index contributed by atoms with van der Waals surface area (Å²) >= 11 is 5.82. The molecule has 0 heterocycles. The molecule has 2 rings (SSSR count). The molecule has 0 radical (unpaired) electrons. The Morgan fingerprint density at radius 1 is 1.12 bits per heavy atom. The number of nitrogens with zero attached hydrogens (tertiary/aromatic N) is 1. The summed E-state index contributed by atoms with van der Waals surface area (Å²) in [4.78, 5) is 14.4. The molecule has 8 heteroatoms. The van der Waals surface area contributed by atoms with Crippen molar-refractivity contribution in [1.82, 2.24) is 9.62 Å². The van der Waals surface area contributed by atoms with E-state index < -0.39 is 15.9 Å². The van der Waals surface area contributed by atoms with E-state index in [1.807, 2.05) is 19.0 Å². The van der Waals surface area contributed by atoms with Crippen LogP contribution in [0.3, 0.4) is 0 Å². The molecule has 0 saturated heterocycles. The fourth-order valence-electron chi connectivity index (χ4n) is 2.23. The van der Waals surface area contributed by atoms with E-state index in [2.05, 4.69) is 10.0 Å². The first-order valence-corrected chi connectivity index (χ1v) is 9.95. The highest BCUT2D eigenvalue weighted by atomic mass is 35.5. The number of carbonyl (C=O) groups is 1. The van der Waals surface area contributed by atoms with Crippen molar-refractivity contribution in [3.8, 4) is 0 Å². The molecule has 0 aliphatic rings. The summed E-state index contributed by atoms with van der Waals surface area (Å²) in [5, 5.41) is 3.28. The molecule has 0 aliphatic heterocycles. The predicted octanol–water partition coefficient (Wildman–Crippen LogP) is 2.82. The third kappa shape index (κ3) is 6.10. The van der Waals surface area contributed by atoms with Gasteiger partial charge in [0.1, 0.15) is 0 Å². The van der Waals surface area contributed by atoms with Crippen LogP contribution in [0.25, 0.3) is 0 Å². The van der Waals surface area contributed by atoms with Crippen LogP contribution in [0, 0.1) is 0 Å². The topological polar surface area (TPSA) is 78.5 Å². The normalized spacial score (nSPS) is 11.5. The van der Waals surface area contributed by atoms with Gasteiger partial charge in [-0.1, -0.05) is 17.7 Å². The van der Waals surface area contributed by atoms with Crippen LogP contribution in [-0.2, 0) is 10.0 Å². The van der Waals surface area contributed by atoms with Gasteiger partial charge in [-0.3, -0.25) is 4.79 Å². The maximum absolute atomic E-state index is 12.4. The van der Waals surface area contributed by atoms with Gasteiger partial charge in [0.15, 0.2) is 0 Å². The molecule has 0 atom stereocenters. The molecule has 0 spiro atoms. The largest absolute Gasteiger partial charge is 0.322 e. The molecular weight excluding hydrogens is 374 g/mol. The number of halogens is 1. The number of nitrogens with one attached hydrogen (secondary N) is 2. The molecule has 2 N–H and O–H groups in total. The lowest BCUT2D eigenvalue weighted by molar-refractivity contribution is 0.102. The van der Waals surface area contributed by atoms with E-state index in [0.717, 1.165) is 6.54 Å². The second kappa shape index (κ2) is 9.14. The van der Waals surface area contributed by atoms with Crippen LogP contribution in [0.15, 0.2) is 53.4 Å². The molecule has 0 aromatic heterocycles. The zero-order chi connectivity index (χ0) is 19.2. The van der Waals surface area contributed by atoms with Gasteiger partial charge in [-0.25, -0.2) is 13.1 Å². The number of rotatable bonds is 8. The van der Waals surface area contributed by atoms with Crippen LogP contribution in [-0.4, -0.2) is 46.4 Å². The molecule has 6 nitrogen and oxygen atoms in total. The standard InChI is InChI=1S/C18H22ClN3O3S/c1-22(2)12-4-11-20-26(24,25)17-6-3-5-14(13-17)18(23)21-16-9-7-15(19)8-10-16/h3,5-10,13,20H,4,11-12H2,1-2H3,(H,21,23). The molecule has 0 unspecified atom stereocenters. The lowest BCUT2D eigenvalue weighted by Gasteiger charge is -2.11. The third-order valence-corrected chi connectivity index (χ3v) is 5.29. The van der Waals surface area contributed by atoms with Gasteiger partial charge in [0.05, 0.1) is 4.90 Å². The molecule has 1 amide bonds. The van der Waals surface area contributed by atoms with E-state index >= 15 is 0 Å². The highest BCUT2D eigenvalue weighted by Gasteiger charge is 2.16. The zero-order valence-electron chi connectivity index (χ0n) is 14.7. The number of amides is 1. The van der Waals surface area contributed by atoms with Gasteiger partial charge in [-0.15, -0.1) is 0 Å². The van der Waals surface area contributed by atoms with E-state index in [9.17, 15) is 13.2 Å². The second-order valence-corrected chi connectivity index (χ2v) is 8.25. The van der Waals surface area contributed by atoms with Crippen LogP contribution >= 0.6 is 11.6 Å². The molecule has 0 fully saturated rings. The molecular formula is C18H22ClN3O3S. The van der Waals surface area contributed by atoms with Crippen molar-refractivity contribution in [3.63, 3.8) is 0 Å². The fraction of sp³-hybridized carbons (Fsp3) is 0.278. The van der Waals surface area contributed by atoms with Crippen molar-refractivity contribution in [1.29, 1.82) is 0 Å². The van der Waals surface area contributed by atoms with Crippen molar-refractivity contribution < 1.29 is 13.2 Å². The van der Waals surface area contributed by atoms with Crippen molar-refractivity contribution in [2.24, 2.45) is 0 Å². The first-order valence-electron chi connectivity index (χ1n) is 8.09.